The van der Waals surface area contributed by atoms with Crippen molar-refractivity contribution in [2.45, 2.75) is 39.2 Å². The highest BCUT2D eigenvalue weighted by molar-refractivity contribution is 5.93. The molecule has 0 aliphatic heterocycles. The molecule has 1 aliphatic carbocycles. The lowest BCUT2D eigenvalue weighted by atomic mass is 9.87. The number of carbonyl (C=O) groups is 1. The molecule has 0 bridgehead atoms. The summed E-state index contributed by atoms with van der Waals surface area (Å²) in [4.78, 5) is 11.1. The fourth-order valence-electron chi connectivity index (χ4n) is 2.57. The Bertz CT molecular complexity index is 471. The third kappa shape index (κ3) is 2.47. The molecule has 3 nitrogen and oxygen atoms in total. The number of halogens is 1. The number of carbonyl (C=O) groups excluding carboxylic acids is 1. The van der Waals surface area contributed by atoms with Gasteiger partial charge in [0.15, 0.2) is 0 Å². The number of nitrogens with two attached hydrogens (primary N) is 1. The molecular formula is C14H19FN2O. The van der Waals surface area contributed by atoms with Gasteiger partial charge in [-0.3, -0.25) is 4.79 Å². The molecule has 4 heteroatoms. The molecule has 1 fully saturated rings. The van der Waals surface area contributed by atoms with Gasteiger partial charge in [-0.25, -0.2) is 4.39 Å². The molecule has 0 heterocycles. The maximum absolute atomic E-state index is 13.7. The number of amides is 1. The summed E-state index contributed by atoms with van der Waals surface area (Å²) in [5, 5.41) is 3.21. The van der Waals surface area contributed by atoms with Crippen molar-refractivity contribution < 1.29 is 9.18 Å². The summed E-state index contributed by atoms with van der Waals surface area (Å²) >= 11 is 0. The van der Waals surface area contributed by atoms with Crippen molar-refractivity contribution in [3.63, 3.8) is 0 Å². The van der Waals surface area contributed by atoms with Crippen LogP contribution in [0.2, 0.25) is 0 Å². The largest absolute Gasteiger partial charge is 0.379 e. The van der Waals surface area contributed by atoms with Crippen molar-refractivity contribution in [3.8, 4) is 0 Å². The van der Waals surface area contributed by atoms with E-state index in [0.717, 1.165) is 19.3 Å². The van der Waals surface area contributed by atoms with Crippen LogP contribution < -0.4 is 11.1 Å². The van der Waals surface area contributed by atoms with E-state index in [9.17, 15) is 9.18 Å². The molecule has 3 N–H and O–H groups in total. The van der Waals surface area contributed by atoms with Gasteiger partial charge in [0.1, 0.15) is 5.82 Å². The maximum atomic E-state index is 13.7. The first-order chi connectivity index (χ1) is 8.40. The second kappa shape index (κ2) is 4.59. The van der Waals surface area contributed by atoms with Gasteiger partial charge in [0.25, 0.3) is 0 Å². The molecule has 0 spiro atoms. The molecule has 1 aliphatic rings. The second-order valence-corrected chi connectivity index (χ2v) is 5.64. The van der Waals surface area contributed by atoms with Crippen LogP contribution in [0.5, 0.6) is 0 Å². The molecule has 1 aromatic carbocycles. The Balaban J connectivity index is 2.23. The van der Waals surface area contributed by atoms with Gasteiger partial charge in [-0.2, -0.15) is 0 Å². The Hall–Kier alpha value is -1.58. The average Bonchev–Trinajstić information content (AvgIpc) is 2.61. The van der Waals surface area contributed by atoms with E-state index in [1.165, 1.54) is 18.2 Å². The molecule has 0 radical (unpaired) electrons. The SMILES string of the molecule is CC1(C)CCCC1Nc1cc(C(N)=O)ccc1F. The third-order valence-corrected chi connectivity index (χ3v) is 3.84. The summed E-state index contributed by atoms with van der Waals surface area (Å²) in [6, 6.07) is 4.41. The molecule has 1 unspecified atom stereocenters. The lowest BCUT2D eigenvalue weighted by molar-refractivity contribution is 0.100. The van der Waals surface area contributed by atoms with E-state index in [2.05, 4.69) is 19.2 Å². The predicted molar refractivity (Wildman–Crippen MR) is 70.0 cm³/mol. The van der Waals surface area contributed by atoms with E-state index in [1.807, 2.05) is 0 Å². The Morgan fingerprint density at radius 1 is 1.50 bits per heavy atom. The van der Waals surface area contributed by atoms with Crippen LogP contribution >= 0.6 is 0 Å². The van der Waals surface area contributed by atoms with Gasteiger partial charge in [-0.05, 0) is 36.5 Å². The van der Waals surface area contributed by atoms with Crippen LogP contribution in [0.1, 0.15) is 43.5 Å². The number of rotatable bonds is 3. The van der Waals surface area contributed by atoms with Crippen LogP contribution in [0.3, 0.4) is 0 Å². The molecule has 1 aromatic rings. The van der Waals surface area contributed by atoms with Gasteiger partial charge >= 0.3 is 0 Å². The minimum atomic E-state index is -0.538. The highest BCUT2D eigenvalue weighted by Gasteiger charge is 2.34. The lowest BCUT2D eigenvalue weighted by Gasteiger charge is -2.29. The smallest absolute Gasteiger partial charge is 0.248 e. The Labute approximate surface area is 107 Å². The van der Waals surface area contributed by atoms with E-state index in [1.54, 1.807) is 0 Å². The summed E-state index contributed by atoms with van der Waals surface area (Å²) in [5.74, 6) is -0.883. The van der Waals surface area contributed by atoms with Gasteiger partial charge in [0.05, 0.1) is 5.69 Å². The number of benzene rings is 1. The molecule has 18 heavy (non-hydrogen) atoms. The van der Waals surface area contributed by atoms with E-state index >= 15 is 0 Å². The van der Waals surface area contributed by atoms with E-state index in [0.29, 0.717) is 11.3 Å². The van der Waals surface area contributed by atoms with Crippen LogP contribution in [-0.4, -0.2) is 11.9 Å². The molecule has 1 atom stereocenters. The maximum Gasteiger partial charge on any atom is 0.248 e. The van der Waals surface area contributed by atoms with Gasteiger partial charge in [0.2, 0.25) is 5.91 Å². The number of hydrogen-bond donors (Lipinski definition) is 2. The van der Waals surface area contributed by atoms with Crippen LogP contribution in [0.25, 0.3) is 0 Å². The molecule has 0 saturated heterocycles. The number of hydrogen-bond acceptors (Lipinski definition) is 2. The first kappa shape index (κ1) is 12.9. The summed E-state index contributed by atoms with van der Waals surface area (Å²) in [6.45, 7) is 4.35. The van der Waals surface area contributed by atoms with Gasteiger partial charge in [0, 0.05) is 11.6 Å². The van der Waals surface area contributed by atoms with Crippen LogP contribution in [0.4, 0.5) is 10.1 Å². The van der Waals surface area contributed by atoms with Crippen molar-refractivity contribution in [2.75, 3.05) is 5.32 Å². The Kier molecular flexibility index (Phi) is 3.28. The van der Waals surface area contributed by atoms with Crippen LogP contribution in [0, 0.1) is 11.2 Å². The van der Waals surface area contributed by atoms with Gasteiger partial charge in [-0.15, -0.1) is 0 Å². The topological polar surface area (TPSA) is 55.1 Å². The zero-order chi connectivity index (χ0) is 13.3. The monoisotopic (exact) mass is 250 g/mol. The van der Waals surface area contributed by atoms with E-state index in [-0.39, 0.29) is 17.3 Å². The average molecular weight is 250 g/mol. The molecule has 0 aromatic heterocycles. The third-order valence-electron chi connectivity index (χ3n) is 3.84. The predicted octanol–water partition coefficient (Wildman–Crippen LogP) is 2.92. The van der Waals surface area contributed by atoms with Crippen molar-refractivity contribution in [2.24, 2.45) is 11.1 Å². The minimum absolute atomic E-state index is 0.148. The van der Waals surface area contributed by atoms with Crippen molar-refractivity contribution >= 4 is 11.6 Å². The number of nitrogens with one attached hydrogen (secondary N) is 1. The molecule has 98 valence electrons. The zero-order valence-corrected chi connectivity index (χ0v) is 10.8. The number of primary amides is 1. The van der Waals surface area contributed by atoms with Gasteiger partial charge in [-0.1, -0.05) is 20.3 Å². The molecule has 1 amide bonds. The second-order valence-electron chi connectivity index (χ2n) is 5.64. The molecule has 2 rings (SSSR count). The summed E-state index contributed by atoms with van der Waals surface area (Å²) in [7, 11) is 0. The van der Waals surface area contributed by atoms with E-state index in [4.69, 9.17) is 5.73 Å². The Morgan fingerprint density at radius 3 is 2.78 bits per heavy atom. The standard InChI is InChI=1S/C14H19FN2O/c1-14(2)7-3-4-12(14)17-11-8-9(13(16)18)5-6-10(11)15/h5-6,8,12,17H,3-4,7H2,1-2H3,(H2,16,18). The van der Waals surface area contributed by atoms with Gasteiger partial charge < -0.3 is 11.1 Å². The zero-order valence-electron chi connectivity index (χ0n) is 10.8. The first-order valence-electron chi connectivity index (χ1n) is 6.26. The highest BCUT2D eigenvalue weighted by atomic mass is 19.1. The molecule has 1 saturated carbocycles. The fourth-order valence-corrected chi connectivity index (χ4v) is 2.57. The summed E-state index contributed by atoms with van der Waals surface area (Å²) < 4.78 is 13.7. The van der Waals surface area contributed by atoms with Crippen molar-refractivity contribution in [3.05, 3.63) is 29.6 Å². The lowest BCUT2D eigenvalue weighted by Crippen LogP contribution is -2.31. The fraction of sp³-hybridized carbons (Fsp3) is 0.500. The quantitative estimate of drug-likeness (QED) is 0.866. The van der Waals surface area contributed by atoms with Crippen LogP contribution in [-0.2, 0) is 0 Å². The van der Waals surface area contributed by atoms with Crippen molar-refractivity contribution in [1.82, 2.24) is 0 Å². The highest BCUT2D eigenvalue weighted by Crippen LogP contribution is 2.39. The van der Waals surface area contributed by atoms with Crippen molar-refractivity contribution in [1.29, 1.82) is 0 Å². The molecular weight excluding hydrogens is 231 g/mol. The minimum Gasteiger partial charge on any atom is -0.379 e. The normalized spacial score (nSPS) is 21.8. The first-order valence-corrected chi connectivity index (χ1v) is 6.26. The summed E-state index contributed by atoms with van der Waals surface area (Å²) in [5.41, 5.74) is 6.05. The number of anilines is 1. The Morgan fingerprint density at radius 2 is 2.22 bits per heavy atom. The summed E-state index contributed by atoms with van der Waals surface area (Å²) in [6.07, 6.45) is 3.29. The van der Waals surface area contributed by atoms with E-state index < -0.39 is 5.91 Å². The van der Waals surface area contributed by atoms with Crippen LogP contribution in [0.15, 0.2) is 18.2 Å².